The summed E-state index contributed by atoms with van der Waals surface area (Å²) in [6, 6.07) is 7.04. The normalized spacial score (nSPS) is 21.2. The number of guanidine groups is 1. The van der Waals surface area contributed by atoms with Crippen LogP contribution in [0.15, 0.2) is 41.7 Å². The van der Waals surface area contributed by atoms with Crippen LogP contribution in [-0.2, 0) is 18.9 Å². The first-order chi connectivity index (χ1) is 13.6. The molecule has 1 saturated carbocycles. The van der Waals surface area contributed by atoms with Crippen LogP contribution in [0.5, 0.6) is 0 Å². The van der Waals surface area contributed by atoms with Crippen LogP contribution in [0.2, 0.25) is 0 Å². The zero-order valence-corrected chi connectivity index (χ0v) is 16.9. The third kappa shape index (κ3) is 4.21. The fourth-order valence-corrected chi connectivity index (χ4v) is 4.26. The van der Waals surface area contributed by atoms with E-state index in [0.717, 1.165) is 57.0 Å². The van der Waals surface area contributed by atoms with Gasteiger partial charge in [0.05, 0.1) is 12.7 Å². The molecule has 1 aliphatic carbocycles. The highest BCUT2D eigenvalue weighted by Gasteiger charge is 2.44. The molecule has 1 saturated heterocycles. The predicted molar refractivity (Wildman–Crippen MR) is 110 cm³/mol. The molecule has 2 heterocycles. The fourth-order valence-electron chi connectivity index (χ4n) is 4.26. The van der Waals surface area contributed by atoms with E-state index in [1.54, 1.807) is 6.07 Å². The van der Waals surface area contributed by atoms with E-state index in [9.17, 15) is 4.39 Å². The third-order valence-corrected chi connectivity index (χ3v) is 6.03. The topological polar surface area (TPSA) is 45.5 Å². The molecule has 1 unspecified atom stereocenters. The van der Waals surface area contributed by atoms with Gasteiger partial charge in [-0.05, 0) is 61.8 Å². The van der Waals surface area contributed by atoms with Gasteiger partial charge in [-0.2, -0.15) is 5.10 Å². The summed E-state index contributed by atoms with van der Waals surface area (Å²) in [5.41, 5.74) is 2.42. The van der Waals surface area contributed by atoms with Crippen LogP contribution in [-0.4, -0.2) is 46.8 Å². The second-order valence-corrected chi connectivity index (χ2v) is 8.29. The minimum atomic E-state index is -0.155. The van der Waals surface area contributed by atoms with Crippen LogP contribution >= 0.6 is 0 Å². The molecule has 0 amide bonds. The molecule has 1 N–H and O–H groups in total. The van der Waals surface area contributed by atoms with Gasteiger partial charge in [-0.15, -0.1) is 0 Å². The monoisotopic (exact) mass is 383 g/mol. The molecule has 0 radical (unpaired) electrons. The molecule has 0 spiro atoms. The van der Waals surface area contributed by atoms with Crippen LogP contribution in [0.25, 0.3) is 0 Å². The molecule has 1 aromatic heterocycles. The molecule has 4 rings (SSSR count). The number of nitrogens with one attached hydrogen (secondary N) is 1. The van der Waals surface area contributed by atoms with Crippen molar-refractivity contribution in [1.82, 2.24) is 20.0 Å². The predicted octanol–water partition coefficient (Wildman–Crippen LogP) is 3.12. The lowest BCUT2D eigenvalue weighted by molar-refractivity contribution is 0.458. The Morgan fingerprint density at radius 2 is 2.25 bits per heavy atom. The molecule has 1 aromatic carbocycles. The number of halogens is 1. The Kier molecular flexibility index (Phi) is 5.38. The molecule has 28 heavy (non-hydrogen) atoms. The summed E-state index contributed by atoms with van der Waals surface area (Å²) in [6.45, 7) is 5.74. The van der Waals surface area contributed by atoms with Crippen LogP contribution in [0, 0.1) is 11.7 Å². The van der Waals surface area contributed by atoms with Crippen molar-refractivity contribution in [2.24, 2.45) is 18.0 Å². The van der Waals surface area contributed by atoms with Gasteiger partial charge in [0.2, 0.25) is 0 Å². The number of hydrogen-bond acceptors (Lipinski definition) is 2. The molecular weight excluding hydrogens is 353 g/mol. The number of aromatic nitrogens is 2. The number of rotatable bonds is 6. The second-order valence-electron chi connectivity index (χ2n) is 8.29. The lowest BCUT2D eigenvalue weighted by atomic mass is 9.96. The van der Waals surface area contributed by atoms with E-state index < -0.39 is 0 Å². The van der Waals surface area contributed by atoms with E-state index in [-0.39, 0.29) is 11.2 Å². The van der Waals surface area contributed by atoms with E-state index in [4.69, 9.17) is 4.99 Å². The summed E-state index contributed by atoms with van der Waals surface area (Å²) < 4.78 is 15.5. The first-order valence-electron chi connectivity index (χ1n) is 10.3. The highest BCUT2D eigenvalue weighted by molar-refractivity contribution is 5.80. The fraction of sp³-hybridized carbons (Fsp3) is 0.545. The van der Waals surface area contributed by atoms with Gasteiger partial charge in [-0.3, -0.25) is 9.67 Å². The summed E-state index contributed by atoms with van der Waals surface area (Å²) >= 11 is 0. The van der Waals surface area contributed by atoms with E-state index >= 15 is 0 Å². The van der Waals surface area contributed by atoms with E-state index in [0.29, 0.717) is 5.92 Å². The molecular formula is C22H30FN5. The molecule has 2 fully saturated rings. The van der Waals surface area contributed by atoms with Crippen molar-refractivity contribution in [3.8, 4) is 0 Å². The summed E-state index contributed by atoms with van der Waals surface area (Å²) in [5.74, 6) is 1.47. The maximum absolute atomic E-state index is 13.7. The number of aryl methyl sites for hydroxylation is 1. The highest BCUT2D eigenvalue weighted by atomic mass is 19.1. The Morgan fingerprint density at radius 1 is 1.39 bits per heavy atom. The van der Waals surface area contributed by atoms with Gasteiger partial charge in [-0.25, -0.2) is 4.39 Å². The largest absolute Gasteiger partial charge is 0.357 e. The quantitative estimate of drug-likeness (QED) is 0.616. The van der Waals surface area contributed by atoms with E-state index in [1.807, 2.05) is 30.1 Å². The Morgan fingerprint density at radius 3 is 2.93 bits per heavy atom. The smallest absolute Gasteiger partial charge is 0.193 e. The number of benzene rings is 1. The maximum atomic E-state index is 13.7. The SMILES string of the molecule is CCNC(=NCC1(c2cccc(F)c2)CC1)N1CCC(Cc2cnn(C)c2)C1. The Bertz CT molecular complexity index is 839. The van der Waals surface area contributed by atoms with Gasteiger partial charge in [0.1, 0.15) is 5.82 Å². The van der Waals surface area contributed by atoms with Crippen LogP contribution in [0.1, 0.15) is 37.3 Å². The number of nitrogens with zero attached hydrogens (tertiary/aromatic N) is 4. The van der Waals surface area contributed by atoms with Crippen molar-refractivity contribution in [3.05, 3.63) is 53.6 Å². The number of likely N-dealkylation sites (tertiary alicyclic amines) is 1. The van der Waals surface area contributed by atoms with Gasteiger partial charge in [0.15, 0.2) is 5.96 Å². The first-order valence-corrected chi connectivity index (χ1v) is 10.3. The van der Waals surface area contributed by atoms with Gasteiger partial charge in [0.25, 0.3) is 0 Å². The molecule has 150 valence electrons. The molecule has 5 nitrogen and oxygen atoms in total. The van der Waals surface area contributed by atoms with Gasteiger partial charge in [0, 0.05) is 38.3 Å². The van der Waals surface area contributed by atoms with Crippen LogP contribution < -0.4 is 5.32 Å². The Hall–Kier alpha value is -2.37. The summed E-state index contributed by atoms with van der Waals surface area (Å²) in [7, 11) is 1.96. The lowest BCUT2D eigenvalue weighted by Gasteiger charge is -2.23. The van der Waals surface area contributed by atoms with E-state index in [1.165, 1.54) is 18.1 Å². The van der Waals surface area contributed by atoms with Crippen molar-refractivity contribution in [3.63, 3.8) is 0 Å². The van der Waals surface area contributed by atoms with Gasteiger partial charge in [-0.1, -0.05) is 12.1 Å². The number of hydrogen-bond donors (Lipinski definition) is 1. The van der Waals surface area contributed by atoms with Crippen LogP contribution in [0.4, 0.5) is 4.39 Å². The average molecular weight is 384 g/mol. The second kappa shape index (κ2) is 7.94. The zero-order chi connectivity index (χ0) is 19.6. The Labute approximate surface area is 166 Å². The summed E-state index contributed by atoms with van der Waals surface area (Å²) in [4.78, 5) is 7.35. The lowest BCUT2D eigenvalue weighted by Crippen LogP contribution is -2.40. The molecule has 1 atom stereocenters. The standard InChI is InChI=1S/C22H30FN5/c1-3-24-21(25-16-22(8-9-22)19-5-4-6-20(23)12-19)28-10-7-17(15-28)11-18-13-26-27(2)14-18/h4-6,12-14,17H,3,7-11,15-16H2,1-2H3,(H,24,25). The molecule has 0 bridgehead atoms. The summed E-state index contributed by atoms with van der Waals surface area (Å²) in [6.07, 6.45) is 8.49. The average Bonchev–Trinajstić information content (AvgIpc) is 3.15. The zero-order valence-electron chi connectivity index (χ0n) is 16.9. The molecule has 2 aliphatic rings. The molecule has 6 heteroatoms. The Balaban J connectivity index is 1.41. The highest BCUT2D eigenvalue weighted by Crippen LogP contribution is 2.48. The van der Waals surface area contributed by atoms with Crippen molar-refractivity contribution >= 4 is 5.96 Å². The maximum Gasteiger partial charge on any atom is 0.193 e. The number of aliphatic imine (C=N–C) groups is 1. The van der Waals surface area contributed by atoms with Crippen molar-refractivity contribution in [2.75, 3.05) is 26.2 Å². The minimum absolute atomic E-state index is 0.0254. The van der Waals surface area contributed by atoms with Crippen molar-refractivity contribution < 1.29 is 4.39 Å². The third-order valence-electron chi connectivity index (χ3n) is 6.03. The van der Waals surface area contributed by atoms with Crippen molar-refractivity contribution in [2.45, 2.75) is 38.0 Å². The molecule has 1 aliphatic heterocycles. The molecule has 2 aromatic rings. The summed E-state index contributed by atoms with van der Waals surface area (Å²) in [5, 5.41) is 7.74. The van der Waals surface area contributed by atoms with Gasteiger partial charge < -0.3 is 10.2 Å². The van der Waals surface area contributed by atoms with Crippen LogP contribution in [0.3, 0.4) is 0 Å². The minimum Gasteiger partial charge on any atom is -0.357 e. The van der Waals surface area contributed by atoms with Gasteiger partial charge >= 0.3 is 0 Å². The van der Waals surface area contributed by atoms with E-state index in [2.05, 4.69) is 28.4 Å². The van der Waals surface area contributed by atoms with Crippen molar-refractivity contribution in [1.29, 1.82) is 0 Å². The first kappa shape index (κ1) is 19.0.